The van der Waals surface area contributed by atoms with E-state index in [1.165, 1.54) is 0 Å². The number of aliphatic carboxylic acids is 1. The van der Waals surface area contributed by atoms with Crippen molar-refractivity contribution < 1.29 is 14.7 Å². The van der Waals surface area contributed by atoms with Crippen LogP contribution in [0.3, 0.4) is 0 Å². The predicted molar refractivity (Wildman–Crippen MR) is 78.7 cm³/mol. The van der Waals surface area contributed by atoms with Crippen LogP contribution in [-0.4, -0.2) is 40.6 Å². The van der Waals surface area contributed by atoms with Crippen LogP contribution in [0.1, 0.15) is 59.8 Å². The van der Waals surface area contributed by atoms with Gasteiger partial charge < -0.3 is 15.3 Å². The molecule has 1 rings (SSSR count). The van der Waals surface area contributed by atoms with Gasteiger partial charge in [-0.05, 0) is 44.9 Å². The summed E-state index contributed by atoms with van der Waals surface area (Å²) < 4.78 is 0. The number of carboxylic acid groups (broad SMARTS) is 1. The van der Waals surface area contributed by atoms with Crippen LogP contribution in [0.4, 0.5) is 4.79 Å². The lowest BCUT2D eigenvalue weighted by atomic mass is 9.84. The first kappa shape index (κ1) is 16.8. The predicted octanol–water partition coefficient (Wildman–Crippen LogP) is 2.85. The molecule has 0 aliphatic carbocycles. The van der Waals surface area contributed by atoms with Crippen LogP contribution in [0.15, 0.2) is 0 Å². The molecule has 0 atom stereocenters. The lowest BCUT2D eigenvalue weighted by Crippen LogP contribution is -2.48. The lowest BCUT2D eigenvalue weighted by Gasteiger charge is -2.32. The molecule has 0 aromatic rings. The van der Waals surface area contributed by atoms with Gasteiger partial charge in [0, 0.05) is 25.0 Å². The zero-order valence-electron chi connectivity index (χ0n) is 13.2. The zero-order valence-corrected chi connectivity index (χ0v) is 13.2. The second-order valence-electron chi connectivity index (χ2n) is 7.11. The van der Waals surface area contributed by atoms with Crippen molar-refractivity contribution in [2.45, 2.75) is 65.3 Å². The van der Waals surface area contributed by atoms with Crippen LogP contribution in [0.5, 0.6) is 0 Å². The minimum absolute atomic E-state index is 0.00142. The molecule has 5 heteroatoms. The van der Waals surface area contributed by atoms with Gasteiger partial charge in [0.2, 0.25) is 0 Å². The summed E-state index contributed by atoms with van der Waals surface area (Å²) in [5, 5.41) is 11.7. The van der Waals surface area contributed by atoms with E-state index in [0.717, 1.165) is 25.8 Å². The standard InChI is InChI=1S/C15H28N2O3/c1-14(2,8-6-12(18)19)9-10-16-13(20)17-11-5-7-15(17,3)4/h5-11H2,1-4H3,(H,16,20)(H,18,19). The average Bonchev–Trinajstić information content (AvgIpc) is 2.66. The molecule has 1 fully saturated rings. The van der Waals surface area contributed by atoms with Crippen molar-refractivity contribution in [2.75, 3.05) is 13.1 Å². The van der Waals surface area contributed by atoms with Crippen molar-refractivity contribution in [3.05, 3.63) is 0 Å². The van der Waals surface area contributed by atoms with Crippen molar-refractivity contribution in [3.63, 3.8) is 0 Å². The van der Waals surface area contributed by atoms with Crippen molar-refractivity contribution >= 4 is 12.0 Å². The van der Waals surface area contributed by atoms with E-state index in [0.29, 0.717) is 13.0 Å². The third kappa shape index (κ3) is 5.02. The Labute approximate surface area is 121 Å². The Hall–Kier alpha value is -1.26. The highest BCUT2D eigenvalue weighted by Gasteiger charge is 2.35. The van der Waals surface area contributed by atoms with Gasteiger partial charge in [0.05, 0.1) is 0 Å². The Morgan fingerprint density at radius 2 is 1.95 bits per heavy atom. The van der Waals surface area contributed by atoms with E-state index in [9.17, 15) is 9.59 Å². The summed E-state index contributed by atoms with van der Waals surface area (Å²) in [5.41, 5.74) is -0.116. The van der Waals surface area contributed by atoms with Crippen molar-refractivity contribution in [3.8, 4) is 0 Å². The van der Waals surface area contributed by atoms with Crippen LogP contribution in [-0.2, 0) is 4.79 Å². The molecule has 1 heterocycles. The topological polar surface area (TPSA) is 69.6 Å². The van der Waals surface area contributed by atoms with E-state index in [-0.39, 0.29) is 23.4 Å². The van der Waals surface area contributed by atoms with Gasteiger partial charge in [-0.1, -0.05) is 13.8 Å². The fourth-order valence-electron chi connectivity index (χ4n) is 2.66. The summed E-state index contributed by atoms with van der Waals surface area (Å²) in [7, 11) is 0. The lowest BCUT2D eigenvalue weighted by molar-refractivity contribution is -0.137. The first-order chi connectivity index (χ1) is 9.14. The summed E-state index contributed by atoms with van der Waals surface area (Å²) in [4.78, 5) is 24.6. The molecule has 0 unspecified atom stereocenters. The van der Waals surface area contributed by atoms with Crippen molar-refractivity contribution in [1.82, 2.24) is 10.2 Å². The first-order valence-electron chi connectivity index (χ1n) is 7.41. The van der Waals surface area contributed by atoms with E-state index in [1.807, 2.05) is 18.7 Å². The van der Waals surface area contributed by atoms with Gasteiger partial charge in [0.25, 0.3) is 0 Å². The van der Waals surface area contributed by atoms with Gasteiger partial charge >= 0.3 is 12.0 Å². The number of rotatable bonds is 6. The molecule has 20 heavy (non-hydrogen) atoms. The maximum Gasteiger partial charge on any atom is 0.317 e. The molecule has 2 amide bonds. The summed E-state index contributed by atoms with van der Waals surface area (Å²) in [5.74, 6) is -0.763. The van der Waals surface area contributed by atoms with Crippen LogP contribution in [0, 0.1) is 5.41 Å². The molecule has 1 aliphatic heterocycles. The second-order valence-corrected chi connectivity index (χ2v) is 7.11. The molecular weight excluding hydrogens is 256 g/mol. The normalized spacial score (nSPS) is 18.1. The van der Waals surface area contributed by atoms with Gasteiger partial charge in [-0.3, -0.25) is 4.79 Å². The van der Waals surface area contributed by atoms with Gasteiger partial charge in [0.15, 0.2) is 0 Å². The number of likely N-dealkylation sites (tertiary alicyclic amines) is 1. The summed E-state index contributed by atoms with van der Waals surface area (Å²) in [6.07, 6.45) is 3.71. The molecule has 1 aliphatic rings. The molecule has 0 aromatic heterocycles. The van der Waals surface area contributed by atoms with Crippen LogP contribution in [0.2, 0.25) is 0 Å². The summed E-state index contributed by atoms with van der Waals surface area (Å²) >= 11 is 0. The number of carboxylic acids is 1. The number of amides is 2. The highest BCUT2D eigenvalue weighted by Crippen LogP contribution is 2.28. The molecule has 0 bridgehead atoms. The number of hydrogen-bond acceptors (Lipinski definition) is 2. The largest absolute Gasteiger partial charge is 0.481 e. The molecule has 0 saturated carbocycles. The van der Waals surface area contributed by atoms with Crippen LogP contribution in [0.25, 0.3) is 0 Å². The monoisotopic (exact) mass is 284 g/mol. The quantitative estimate of drug-likeness (QED) is 0.788. The Balaban J connectivity index is 2.33. The highest BCUT2D eigenvalue weighted by atomic mass is 16.4. The van der Waals surface area contributed by atoms with E-state index in [2.05, 4.69) is 19.2 Å². The Morgan fingerprint density at radius 3 is 2.45 bits per heavy atom. The van der Waals surface area contributed by atoms with E-state index in [4.69, 9.17) is 5.11 Å². The van der Waals surface area contributed by atoms with Crippen molar-refractivity contribution in [1.29, 1.82) is 0 Å². The maximum absolute atomic E-state index is 12.1. The Morgan fingerprint density at radius 1 is 1.30 bits per heavy atom. The molecular formula is C15H28N2O3. The third-order valence-electron chi connectivity index (χ3n) is 4.24. The number of carbonyl (C=O) groups excluding carboxylic acids is 1. The molecule has 5 nitrogen and oxygen atoms in total. The molecule has 1 saturated heterocycles. The number of urea groups is 1. The van der Waals surface area contributed by atoms with E-state index < -0.39 is 5.97 Å². The van der Waals surface area contributed by atoms with Gasteiger partial charge in [-0.15, -0.1) is 0 Å². The van der Waals surface area contributed by atoms with Crippen molar-refractivity contribution in [2.24, 2.45) is 5.41 Å². The fourth-order valence-corrected chi connectivity index (χ4v) is 2.66. The second kappa shape index (κ2) is 6.46. The van der Waals surface area contributed by atoms with Gasteiger partial charge in [0.1, 0.15) is 0 Å². The smallest absolute Gasteiger partial charge is 0.317 e. The minimum atomic E-state index is -0.763. The molecule has 0 spiro atoms. The van der Waals surface area contributed by atoms with Crippen LogP contribution < -0.4 is 5.32 Å². The summed E-state index contributed by atoms with van der Waals surface area (Å²) in [6.45, 7) is 9.69. The first-order valence-corrected chi connectivity index (χ1v) is 7.41. The molecule has 2 N–H and O–H groups in total. The number of hydrogen-bond donors (Lipinski definition) is 2. The number of nitrogens with one attached hydrogen (secondary N) is 1. The molecule has 0 aromatic carbocycles. The minimum Gasteiger partial charge on any atom is -0.481 e. The number of nitrogens with zero attached hydrogens (tertiary/aromatic N) is 1. The fraction of sp³-hybridized carbons (Fsp3) is 0.867. The van der Waals surface area contributed by atoms with Gasteiger partial charge in [-0.25, -0.2) is 4.79 Å². The SMILES string of the molecule is CC(C)(CCNC(=O)N1CCCC1(C)C)CCC(=O)O. The Kier molecular flexibility index (Phi) is 5.42. The summed E-state index contributed by atoms with van der Waals surface area (Å²) in [6, 6.07) is 0.00142. The van der Waals surface area contributed by atoms with Crippen LogP contribution >= 0.6 is 0 Å². The van der Waals surface area contributed by atoms with Gasteiger partial charge in [-0.2, -0.15) is 0 Å². The average molecular weight is 284 g/mol. The third-order valence-corrected chi connectivity index (χ3v) is 4.24. The van der Waals surface area contributed by atoms with E-state index >= 15 is 0 Å². The molecule has 0 radical (unpaired) electrons. The molecule has 116 valence electrons. The number of carbonyl (C=O) groups is 2. The zero-order chi connectivity index (χ0) is 15.4. The Bertz CT molecular complexity index is 364. The highest BCUT2D eigenvalue weighted by molar-refractivity contribution is 5.75. The maximum atomic E-state index is 12.1. The van der Waals surface area contributed by atoms with E-state index in [1.54, 1.807) is 0 Å².